The molecular formula is C13H11N3OS. The number of aryl methyl sites for hydroxylation is 1. The summed E-state index contributed by atoms with van der Waals surface area (Å²) in [5.41, 5.74) is 1.21. The molecule has 0 saturated heterocycles. The summed E-state index contributed by atoms with van der Waals surface area (Å²) in [6.07, 6.45) is 3.71. The molecular weight excluding hydrogens is 246 g/mol. The lowest BCUT2D eigenvalue weighted by atomic mass is 10.3. The van der Waals surface area contributed by atoms with Crippen LogP contribution in [0.25, 0.3) is 4.96 Å². The Morgan fingerprint density at radius 2 is 2.06 bits per heavy atom. The Kier molecular flexibility index (Phi) is 2.60. The number of nitrogens with zero attached hydrogens (tertiary/aromatic N) is 2. The molecule has 1 amide bonds. The topological polar surface area (TPSA) is 46.4 Å². The van der Waals surface area contributed by atoms with E-state index >= 15 is 0 Å². The molecule has 0 fully saturated rings. The van der Waals surface area contributed by atoms with Gasteiger partial charge in [-0.2, -0.15) is 0 Å². The van der Waals surface area contributed by atoms with Gasteiger partial charge in [-0.05, 0) is 19.1 Å². The lowest BCUT2D eigenvalue weighted by Crippen LogP contribution is -2.12. The van der Waals surface area contributed by atoms with Gasteiger partial charge >= 0.3 is 0 Å². The Morgan fingerprint density at radius 1 is 1.28 bits per heavy atom. The van der Waals surface area contributed by atoms with Gasteiger partial charge < -0.3 is 5.32 Å². The predicted octanol–water partition coefficient (Wildman–Crippen LogP) is 2.96. The fraction of sp³-hybridized carbons (Fsp3) is 0.0769. The zero-order valence-electron chi connectivity index (χ0n) is 9.75. The van der Waals surface area contributed by atoms with Gasteiger partial charge in [0.25, 0.3) is 5.91 Å². The molecule has 18 heavy (non-hydrogen) atoms. The van der Waals surface area contributed by atoms with E-state index in [0.717, 1.165) is 10.6 Å². The molecule has 4 nitrogen and oxygen atoms in total. The van der Waals surface area contributed by atoms with E-state index in [0.29, 0.717) is 5.69 Å². The zero-order chi connectivity index (χ0) is 12.5. The second kappa shape index (κ2) is 4.27. The van der Waals surface area contributed by atoms with Crippen molar-refractivity contribution in [2.24, 2.45) is 0 Å². The van der Waals surface area contributed by atoms with Gasteiger partial charge in [0, 0.05) is 23.0 Å². The van der Waals surface area contributed by atoms with Crippen LogP contribution in [0.15, 0.2) is 42.7 Å². The maximum atomic E-state index is 12.0. The van der Waals surface area contributed by atoms with Crippen molar-refractivity contribution in [2.45, 2.75) is 6.92 Å². The van der Waals surface area contributed by atoms with E-state index in [9.17, 15) is 4.79 Å². The SMILES string of the molecule is Cc1cn2cc(C(=O)Nc3ccccc3)nc2s1. The number of aromatic nitrogens is 2. The number of hydrogen-bond acceptors (Lipinski definition) is 3. The first-order valence-corrected chi connectivity index (χ1v) is 6.35. The van der Waals surface area contributed by atoms with Crippen LogP contribution in [-0.4, -0.2) is 15.3 Å². The first-order chi connectivity index (χ1) is 8.72. The van der Waals surface area contributed by atoms with Crippen molar-refractivity contribution in [1.29, 1.82) is 0 Å². The van der Waals surface area contributed by atoms with Crippen molar-refractivity contribution in [3.05, 3.63) is 53.3 Å². The van der Waals surface area contributed by atoms with Gasteiger partial charge in [-0.1, -0.05) is 18.2 Å². The first-order valence-electron chi connectivity index (χ1n) is 5.54. The van der Waals surface area contributed by atoms with E-state index in [-0.39, 0.29) is 5.91 Å². The van der Waals surface area contributed by atoms with E-state index < -0.39 is 0 Å². The van der Waals surface area contributed by atoms with Gasteiger partial charge in [-0.3, -0.25) is 9.20 Å². The highest BCUT2D eigenvalue weighted by Crippen LogP contribution is 2.17. The molecule has 1 aromatic carbocycles. The Hall–Kier alpha value is -2.14. The average molecular weight is 257 g/mol. The lowest BCUT2D eigenvalue weighted by Gasteiger charge is -2.01. The third-order valence-electron chi connectivity index (χ3n) is 2.54. The molecule has 2 aromatic heterocycles. The number of fused-ring (bicyclic) bond motifs is 1. The number of benzene rings is 1. The van der Waals surface area contributed by atoms with E-state index in [1.165, 1.54) is 4.88 Å². The van der Waals surface area contributed by atoms with E-state index in [1.54, 1.807) is 17.5 Å². The number of amides is 1. The van der Waals surface area contributed by atoms with Gasteiger partial charge in [-0.15, -0.1) is 11.3 Å². The minimum absolute atomic E-state index is 0.185. The largest absolute Gasteiger partial charge is 0.321 e. The third kappa shape index (κ3) is 2.00. The summed E-state index contributed by atoms with van der Waals surface area (Å²) >= 11 is 1.57. The van der Waals surface area contributed by atoms with Crippen LogP contribution in [0.1, 0.15) is 15.4 Å². The van der Waals surface area contributed by atoms with Crippen molar-refractivity contribution in [1.82, 2.24) is 9.38 Å². The maximum Gasteiger partial charge on any atom is 0.275 e. The van der Waals surface area contributed by atoms with E-state index in [1.807, 2.05) is 47.9 Å². The van der Waals surface area contributed by atoms with E-state index in [4.69, 9.17) is 0 Å². The molecule has 3 rings (SSSR count). The Labute approximate surface area is 108 Å². The summed E-state index contributed by atoms with van der Waals surface area (Å²) < 4.78 is 1.87. The summed E-state index contributed by atoms with van der Waals surface area (Å²) in [6, 6.07) is 9.36. The molecule has 1 N–H and O–H groups in total. The Morgan fingerprint density at radius 3 is 2.78 bits per heavy atom. The highest BCUT2D eigenvalue weighted by Gasteiger charge is 2.12. The summed E-state index contributed by atoms with van der Waals surface area (Å²) in [5, 5.41) is 2.81. The van der Waals surface area contributed by atoms with Gasteiger partial charge in [0.15, 0.2) is 4.96 Å². The number of imidazole rings is 1. The number of carbonyl (C=O) groups excluding carboxylic acids is 1. The van der Waals surface area contributed by atoms with Crippen molar-refractivity contribution in [3.8, 4) is 0 Å². The number of nitrogens with one attached hydrogen (secondary N) is 1. The highest BCUT2D eigenvalue weighted by molar-refractivity contribution is 7.17. The molecule has 0 bridgehead atoms. The molecule has 3 aromatic rings. The van der Waals surface area contributed by atoms with Gasteiger partial charge in [-0.25, -0.2) is 4.98 Å². The van der Waals surface area contributed by atoms with Gasteiger partial charge in [0.05, 0.1) is 0 Å². The normalized spacial score (nSPS) is 10.7. The monoisotopic (exact) mass is 257 g/mol. The van der Waals surface area contributed by atoms with Gasteiger partial charge in [0.2, 0.25) is 0 Å². The second-order valence-corrected chi connectivity index (χ2v) is 5.19. The van der Waals surface area contributed by atoms with Crippen molar-refractivity contribution in [2.75, 3.05) is 5.32 Å². The molecule has 2 heterocycles. The summed E-state index contributed by atoms with van der Waals surface area (Å²) in [4.78, 5) is 18.3. The number of para-hydroxylation sites is 1. The fourth-order valence-electron chi connectivity index (χ4n) is 1.74. The van der Waals surface area contributed by atoms with Crippen LogP contribution in [0, 0.1) is 6.92 Å². The molecule has 0 aliphatic heterocycles. The average Bonchev–Trinajstić information content (AvgIpc) is 2.87. The molecule has 90 valence electrons. The Balaban J connectivity index is 1.85. The summed E-state index contributed by atoms with van der Waals surface area (Å²) in [6.45, 7) is 2.02. The van der Waals surface area contributed by atoms with Crippen molar-refractivity contribution >= 4 is 27.9 Å². The van der Waals surface area contributed by atoms with Crippen LogP contribution in [0.4, 0.5) is 5.69 Å². The van der Waals surface area contributed by atoms with Crippen LogP contribution in [0.2, 0.25) is 0 Å². The summed E-state index contributed by atoms with van der Waals surface area (Å²) in [7, 11) is 0. The minimum Gasteiger partial charge on any atom is -0.321 e. The number of rotatable bonds is 2. The van der Waals surface area contributed by atoms with Crippen molar-refractivity contribution in [3.63, 3.8) is 0 Å². The smallest absolute Gasteiger partial charge is 0.275 e. The molecule has 0 radical (unpaired) electrons. The quantitative estimate of drug-likeness (QED) is 0.767. The van der Waals surface area contributed by atoms with Crippen LogP contribution in [0.3, 0.4) is 0 Å². The molecule has 0 atom stereocenters. The molecule has 5 heteroatoms. The number of hydrogen-bond donors (Lipinski definition) is 1. The molecule has 0 unspecified atom stereocenters. The fourth-order valence-corrected chi connectivity index (χ4v) is 2.55. The van der Waals surface area contributed by atoms with E-state index in [2.05, 4.69) is 10.3 Å². The molecule has 0 aliphatic carbocycles. The molecule has 0 spiro atoms. The zero-order valence-corrected chi connectivity index (χ0v) is 10.6. The number of anilines is 1. The van der Waals surface area contributed by atoms with Gasteiger partial charge in [0.1, 0.15) is 5.69 Å². The van der Waals surface area contributed by atoms with Crippen molar-refractivity contribution < 1.29 is 4.79 Å². The van der Waals surface area contributed by atoms with Crippen LogP contribution >= 0.6 is 11.3 Å². The molecule has 0 aliphatic rings. The maximum absolute atomic E-state index is 12.0. The first kappa shape index (κ1) is 11.0. The highest BCUT2D eigenvalue weighted by atomic mass is 32.1. The number of thiazole rings is 1. The Bertz CT molecular complexity index is 668. The minimum atomic E-state index is -0.185. The third-order valence-corrected chi connectivity index (χ3v) is 3.45. The molecule has 0 saturated carbocycles. The number of carbonyl (C=O) groups is 1. The van der Waals surface area contributed by atoms with Crippen LogP contribution in [0.5, 0.6) is 0 Å². The lowest BCUT2D eigenvalue weighted by molar-refractivity contribution is 0.102. The standard InChI is InChI=1S/C13H11N3OS/c1-9-7-16-8-11(15-13(16)18-9)12(17)14-10-5-3-2-4-6-10/h2-8H,1H3,(H,14,17). The van der Waals surface area contributed by atoms with Crippen LogP contribution in [-0.2, 0) is 0 Å². The second-order valence-electron chi connectivity index (χ2n) is 3.98. The predicted molar refractivity (Wildman–Crippen MR) is 72.2 cm³/mol. The van der Waals surface area contributed by atoms with Crippen LogP contribution < -0.4 is 5.32 Å². The summed E-state index contributed by atoms with van der Waals surface area (Å²) in [5.74, 6) is -0.185.